The van der Waals surface area contributed by atoms with E-state index in [-0.39, 0.29) is 24.6 Å². The van der Waals surface area contributed by atoms with Crippen LogP contribution in [0, 0.1) is 18.6 Å². The van der Waals surface area contributed by atoms with E-state index >= 15 is 0 Å². The van der Waals surface area contributed by atoms with Crippen LogP contribution in [0.5, 0.6) is 0 Å². The van der Waals surface area contributed by atoms with Crippen LogP contribution in [0.4, 0.5) is 8.78 Å². The molecule has 0 aliphatic rings. The summed E-state index contributed by atoms with van der Waals surface area (Å²) in [4.78, 5) is 23.8. The van der Waals surface area contributed by atoms with Crippen LogP contribution < -0.4 is 10.6 Å². The lowest BCUT2D eigenvalue weighted by Crippen LogP contribution is -2.34. The molecule has 2 aromatic rings. The largest absolute Gasteiger partial charge is 0.351 e. The second-order valence-electron chi connectivity index (χ2n) is 5.82. The molecular formula is C20H20F2N2O2. The second-order valence-corrected chi connectivity index (χ2v) is 5.82. The number of nitrogens with one attached hydrogen (secondary N) is 2. The van der Waals surface area contributed by atoms with Gasteiger partial charge in [0.2, 0.25) is 5.91 Å². The van der Waals surface area contributed by atoms with Crippen LogP contribution in [0.25, 0.3) is 5.57 Å². The summed E-state index contributed by atoms with van der Waals surface area (Å²) in [5, 5.41) is 5.20. The molecule has 0 aliphatic carbocycles. The first kappa shape index (κ1) is 19.3. The maximum atomic E-state index is 13.7. The number of benzene rings is 2. The van der Waals surface area contributed by atoms with Gasteiger partial charge in [-0.15, -0.1) is 0 Å². The normalized spacial score (nSPS) is 11.2. The minimum Gasteiger partial charge on any atom is -0.351 e. The predicted octanol–water partition coefficient (Wildman–Crippen LogP) is 3.22. The van der Waals surface area contributed by atoms with Crippen molar-refractivity contribution in [3.05, 3.63) is 76.9 Å². The molecule has 2 aromatic carbocycles. The maximum Gasteiger partial charge on any atom is 0.251 e. The molecule has 0 spiro atoms. The highest BCUT2D eigenvalue weighted by Crippen LogP contribution is 2.16. The average molecular weight is 358 g/mol. The third-order valence-electron chi connectivity index (χ3n) is 3.79. The van der Waals surface area contributed by atoms with Gasteiger partial charge in [0.05, 0.1) is 0 Å². The number of allylic oxidation sites excluding steroid dienone is 1. The number of amides is 2. The number of carbonyl (C=O) groups excluding carboxylic acids is 2. The Bertz CT molecular complexity index is 847. The van der Waals surface area contributed by atoms with E-state index in [1.807, 2.05) is 0 Å². The molecule has 0 radical (unpaired) electrons. The molecule has 0 saturated heterocycles. The van der Waals surface area contributed by atoms with E-state index in [0.29, 0.717) is 16.7 Å². The fourth-order valence-corrected chi connectivity index (χ4v) is 2.30. The third-order valence-corrected chi connectivity index (χ3v) is 3.79. The van der Waals surface area contributed by atoms with Gasteiger partial charge < -0.3 is 10.6 Å². The van der Waals surface area contributed by atoms with E-state index in [4.69, 9.17) is 0 Å². The zero-order valence-corrected chi connectivity index (χ0v) is 14.6. The van der Waals surface area contributed by atoms with Gasteiger partial charge in [0, 0.05) is 30.3 Å². The minimum atomic E-state index is -0.445. The van der Waals surface area contributed by atoms with Gasteiger partial charge in [-0.1, -0.05) is 24.3 Å². The fourth-order valence-electron chi connectivity index (χ4n) is 2.30. The average Bonchev–Trinajstić information content (AvgIpc) is 2.61. The van der Waals surface area contributed by atoms with Crippen molar-refractivity contribution < 1.29 is 18.4 Å². The first-order valence-corrected chi connectivity index (χ1v) is 8.14. The molecule has 2 N–H and O–H groups in total. The Morgan fingerprint density at radius 3 is 2.38 bits per heavy atom. The Hall–Kier alpha value is -3.02. The fraction of sp³-hybridized carbons (Fsp3) is 0.200. The van der Waals surface area contributed by atoms with Crippen LogP contribution in [-0.4, -0.2) is 24.9 Å². The predicted molar refractivity (Wildman–Crippen MR) is 96.5 cm³/mol. The van der Waals surface area contributed by atoms with Crippen molar-refractivity contribution in [1.82, 2.24) is 10.6 Å². The number of hydrogen-bond acceptors (Lipinski definition) is 2. The lowest BCUT2D eigenvalue weighted by molar-refractivity contribution is -0.116. The van der Waals surface area contributed by atoms with Gasteiger partial charge in [0.15, 0.2) is 0 Å². The minimum absolute atomic E-state index is 0.187. The van der Waals surface area contributed by atoms with Crippen LogP contribution in [0.2, 0.25) is 0 Å². The molecule has 0 heterocycles. The summed E-state index contributed by atoms with van der Waals surface area (Å²) >= 11 is 0. The molecule has 6 heteroatoms. The Kier molecular flexibility index (Phi) is 6.60. The van der Waals surface area contributed by atoms with Gasteiger partial charge in [0.1, 0.15) is 11.6 Å². The Balaban J connectivity index is 1.81. The maximum absolute atomic E-state index is 13.7. The molecule has 0 atom stereocenters. The standard InChI is InChI=1S/C20H20F2N2O2/c1-13-7-8-15(12-18(13)22)20(26)24-10-9-23-19(25)11-14(2)16-5-3-4-6-17(16)21/h3-8,11-12H,9-10H2,1-2H3,(H,23,25)(H,24,26)/b14-11+. The van der Waals surface area contributed by atoms with Crippen LogP contribution in [-0.2, 0) is 4.79 Å². The van der Waals surface area contributed by atoms with Crippen molar-refractivity contribution in [3.63, 3.8) is 0 Å². The van der Waals surface area contributed by atoms with E-state index in [1.54, 1.807) is 32.0 Å². The highest BCUT2D eigenvalue weighted by molar-refractivity contribution is 5.95. The lowest BCUT2D eigenvalue weighted by atomic mass is 10.1. The Morgan fingerprint density at radius 2 is 1.69 bits per heavy atom. The Morgan fingerprint density at radius 1 is 1.00 bits per heavy atom. The van der Waals surface area contributed by atoms with Crippen molar-refractivity contribution in [2.24, 2.45) is 0 Å². The summed E-state index contributed by atoms with van der Waals surface area (Å²) in [6.07, 6.45) is 1.30. The van der Waals surface area contributed by atoms with Crippen LogP contribution in [0.3, 0.4) is 0 Å². The van der Waals surface area contributed by atoms with E-state index < -0.39 is 17.5 Å². The number of rotatable bonds is 6. The molecule has 136 valence electrons. The topological polar surface area (TPSA) is 58.2 Å². The molecule has 0 unspecified atom stereocenters. The smallest absolute Gasteiger partial charge is 0.251 e. The van der Waals surface area contributed by atoms with Crippen LogP contribution in [0.15, 0.2) is 48.5 Å². The monoisotopic (exact) mass is 358 g/mol. The summed E-state index contributed by atoms with van der Waals surface area (Å²) in [6.45, 7) is 3.64. The number of aryl methyl sites for hydroxylation is 1. The first-order chi connectivity index (χ1) is 12.4. The van der Waals surface area contributed by atoms with Crippen LogP contribution in [0.1, 0.15) is 28.4 Å². The van der Waals surface area contributed by atoms with Gasteiger partial charge in [-0.05, 0) is 43.2 Å². The Labute approximate surface area is 150 Å². The third kappa shape index (κ3) is 5.24. The van der Waals surface area contributed by atoms with Crippen molar-refractivity contribution in [1.29, 1.82) is 0 Å². The summed E-state index contributed by atoms with van der Waals surface area (Å²) in [6, 6.07) is 10.4. The molecule has 0 fully saturated rings. The van der Waals surface area contributed by atoms with Gasteiger partial charge in [-0.25, -0.2) is 8.78 Å². The van der Waals surface area contributed by atoms with Gasteiger partial charge >= 0.3 is 0 Å². The van der Waals surface area contributed by atoms with E-state index in [1.165, 1.54) is 30.3 Å². The van der Waals surface area contributed by atoms with Gasteiger partial charge in [-0.3, -0.25) is 9.59 Å². The SMILES string of the molecule is C/C(=C\C(=O)NCCNC(=O)c1ccc(C)c(F)c1)c1ccccc1F. The molecule has 0 aliphatic heterocycles. The van der Waals surface area contributed by atoms with E-state index in [9.17, 15) is 18.4 Å². The van der Waals surface area contributed by atoms with Crippen molar-refractivity contribution in [2.75, 3.05) is 13.1 Å². The van der Waals surface area contributed by atoms with Gasteiger partial charge in [0.25, 0.3) is 5.91 Å². The molecule has 2 amide bonds. The first-order valence-electron chi connectivity index (χ1n) is 8.14. The summed E-state index contributed by atoms with van der Waals surface area (Å²) in [7, 11) is 0. The summed E-state index contributed by atoms with van der Waals surface area (Å²) in [5.74, 6) is -1.65. The van der Waals surface area contributed by atoms with Crippen molar-refractivity contribution >= 4 is 17.4 Å². The molecule has 0 bridgehead atoms. The second kappa shape index (κ2) is 8.89. The molecule has 0 saturated carbocycles. The zero-order chi connectivity index (χ0) is 19.1. The van der Waals surface area contributed by atoms with Crippen LogP contribution >= 0.6 is 0 Å². The highest BCUT2D eigenvalue weighted by atomic mass is 19.1. The zero-order valence-electron chi connectivity index (χ0n) is 14.6. The summed E-state index contributed by atoms with van der Waals surface area (Å²) in [5.41, 5.74) is 1.54. The molecule has 4 nitrogen and oxygen atoms in total. The molecule has 26 heavy (non-hydrogen) atoms. The lowest BCUT2D eigenvalue weighted by Gasteiger charge is -2.07. The quantitative estimate of drug-likeness (QED) is 0.615. The van der Waals surface area contributed by atoms with E-state index in [0.717, 1.165) is 0 Å². The molecule has 0 aromatic heterocycles. The molecular weight excluding hydrogens is 338 g/mol. The van der Waals surface area contributed by atoms with Gasteiger partial charge in [-0.2, -0.15) is 0 Å². The molecule has 2 rings (SSSR count). The number of hydrogen-bond donors (Lipinski definition) is 2. The number of halogens is 2. The van der Waals surface area contributed by atoms with E-state index in [2.05, 4.69) is 10.6 Å². The highest BCUT2D eigenvalue weighted by Gasteiger charge is 2.08. The number of carbonyl (C=O) groups is 2. The van der Waals surface area contributed by atoms with Crippen molar-refractivity contribution in [2.45, 2.75) is 13.8 Å². The summed E-state index contributed by atoms with van der Waals surface area (Å²) < 4.78 is 27.1. The van der Waals surface area contributed by atoms with Crippen molar-refractivity contribution in [3.8, 4) is 0 Å².